The number of nitrogens with one attached hydrogen (secondary N) is 3. The van der Waals surface area contributed by atoms with Gasteiger partial charge >= 0.3 is 12.3 Å². The zero-order chi connectivity index (χ0) is 25.6. The number of hydrogen-bond donors (Lipinski definition) is 3. The van der Waals surface area contributed by atoms with Gasteiger partial charge in [0.2, 0.25) is 5.91 Å². The molecule has 0 spiro atoms. The van der Waals surface area contributed by atoms with Crippen LogP contribution in [0.4, 0.5) is 29.3 Å². The molecule has 2 heterocycles. The minimum absolute atomic E-state index is 0.0238. The number of carbonyl (C=O) groups is 2. The predicted molar refractivity (Wildman–Crippen MR) is 122 cm³/mol. The van der Waals surface area contributed by atoms with Crippen LogP contribution in [0.5, 0.6) is 5.75 Å². The van der Waals surface area contributed by atoms with Crippen molar-refractivity contribution in [3.63, 3.8) is 0 Å². The Morgan fingerprint density at radius 2 is 1.83 bits per heavy atom. The van der Waals surface area contributed by atoms with Crippen LogP contribution in [-0.4, -0.2) is 41.0 Å². The van der Waals surface area contributed by atoms with Gasteiger partial charge < -0.3 is 25.4 Å². The van der Waals surface area contributed by atoms with Gasteiger partial charge in [-0.15, -0.1) is 0 Å². The number of ether oxygens (including phenoxy) is 2. The van der Waals surface area contributed by atoms with E-state index in [-0.39, 0.29) is 37.6 Å². The fourth-order valence-corrected chi connectivity index (χ4v) is 3.62. The quantitative estimate of drug-likeness (QED) is 0.451. The molecule has 0 aliphatic carbocycles. The molecule has 12 heteroatoms. The zero-order valence-electron chi connectivity index (χ0n) is 18.8. The molecule has 9 nitrogen and oxygen atoms in total. The molecule has 0 unspecified atom stereocenters. The van der Waals surface area contributed by atoms with Gasteiger partial charge in [0, 0.05) is 31.3 Å². The summed E-state index contributed by atoms with van der Waals surface area (Å²) in [5.74, 6) is -0.283. The highest BCUT2D eigenvalue weighted by atomic mass is 19.4. The van der Waals surface area contributed by atoms with Crippen LogP contribution in [0.15, 0.2) is 67.0 Å². The molecule has 1 aliphatic heterocycles. The molecule has 0 saturated carbocycles. The number of hydrogen-bond acceptors (Lipinski definition) is 7. The second-order valence-electron chi connectivity index (χ2n) is 8.03. The van der Waals surface area contributed by atoms with E-state index in [1.54, 1.807) is 24.3 Å². The molecule has 1 fully saturated rings. The number of anilines is 2. The molecule has 1 atom stereocenters. The van der Waals surface area contributed by atoms with Crippen molar-refractivity contribution in [2.75, 3.05) is 18.5 Å². The lowest BCUT2D eigenvalue weighted by Crippen LogP contribution is -2.59. The minimum Gasteiger partial charge on any atom is -0.409 e. The van der Waals surface area contributed by atoms with E-state index in [9.17, 15) is 22.8 Å². The number of rotatable bonds is 7. The predicted octanol–water partition coefficient (Wildman–Crippen LogP) is 3.80. The first-order chi connectivity index (χ1) is 17.2. The summed E-state index contributed by atoms with van der Waals surface area (Å²) in [6.07, 6.45) is -2.44. The van der Waals surface area contributed by atoms with Crippen LogP contribution < -0.4 is 20.7 Å². The van der Waals surface area contributed by atoms with Crippen LogP contribution in [0, 0.1) is 0 Å². The van der Waals surface area contributed by atoms with Gasteiger partial charge in [-0.25, -0.2) is 4.79 Å². The molecule has 2 amide bonds. The largest absolute Gasteiger partial charge is 0.418 e. The van der Waals surface area contributed by atoms with Crippen molar-refractivity contribution in [1.82, 2.24) is 20.8 Å². The summed E-state index contributed by atoms with van der Waals surface area (Å²) in [4.78, 5) is 25.3. The monoisotopic (exact) mass is 501 g/mol. The summed E-state index contributed by atoms with van der Waals surface area (Å²) in [5.41, 5.74) is -0.971. The summed E-state index contributed by atoms with van der Waals surface area (Å²) < 4.78 is 50.1. The summed E-state index contributed by atoms with van der Waals surface area (Å²) in [6, 6.07) is 13.2. The van der Waals surface area contributed by atoms with Gasteiger partial charge in [0.25, 0.3) is 0 Å². The number of nitrogens with zero attached hydrogens (tertiary/aromatic N) is 2. The Labute approximate surface area is 204 Å². The van der Waals surface area contributed by atoms with Gasteiger partial charge in [0.1, 0.15) is 5.54 Å². The number of halogens is 3. The van der Waals surface area contributed by atoms with Crippen molar-refractivity contribution in [1.29, 1.82) is 0 Å². The Balaban J connectivity index is 1.36. The zero-order valence-corrected chi connectivity index (χ0v) is 18.8. The van der Waals surface area contributed by atoms with E-state index in [1.807, 2.05) is 0 Å². The highest BCUT2D eigenvalue weighted by molar-refractivity contribution is 5.90. The molecular weight excluding hydrogens is 479 g/mol. The van der Waals surface area contributed by atoms with Gasteiger partial charge in [-0.2, -0.15) is 23.4 Å². The Bertz CT molecular complexity index is 1200. The van der Waals surface area contributed by atoms with E-state index in [0.29, 0.717) is 11.3 Å². The van der Waals surface area contributed by atoms with E-state index in [2.05, 4.69) is 26.1 Å². The first kappa shape index (κ1) is 24.9. The molecular formula is C24H22F3N5O4. The SMILES string of the molecule is O=C(N[C@@]1(C(=O)NCc2ccc(Nc3ccccc3C(F)(F)F)cc2)CCOC1)Oc1ccnnc1. The Kier molecular flexibility index (Phi) is 7.34. The van der Waals surface area contributed by atoms with Crippen LogP contribution in [0.1, 0.15) is 17.5 Å². The third-order valence-electron chi connectivity index (χ3n) is 5.48. The third-order valence-corrected chi connectivity index (χ3v) is 5.48. The smallest absolute Gasteiger partial charge is 0.409 e. The molecule has 3 N–H and O–H groups in total. The standard InChI is InChI=1S/C24H22F3N5O4/c25-24(26,27)19-3-1-2-4-20(19)31-17-7-5-16(6-8-17)13-28-21(33)23(10-12-35-15-23)32-22(34)36-18-9-11-29-30-14-18/h1-9,11,14,31H,10,12-13,15H2,(H,28,33)(H,32,34)/t23-/m0/s1. The molecule has 4 rings (SSSR count). The molecule has 36 heavy (non-hydrogen) atoms. The molecule has 2 aromatic carbocycles. The molecule has 1 aromatic heterocycles. The van der Waals surface area contributed by atoms with E-state index in [0.717, 1.165) is 6.07 Å². The normalized spacial score (nSPS) is 17.3. The molecule has 1 aliphatic rings. The average Bonchev–Trinajstić information content (AvgIpc) is 3.33. The molecule has 0 bridgehead atoms. The number of aromatic nitrogens is 2. The van der Waals surface area contributed by atoms with Crippen molar-refractivity contribution in [2.24, 2.45) is 0 Å². The van der Waals surface area contributed by atoms with Gasteiger partial charge in [0.05, 0.1) is 30.3 Å². The van der Waals surface area contributed by atoms with Crippen LogP contribution in [0.3, 0.4) is 0 Å². The first-order valence-electron chi connectivity index (χ1n) is 10.9. The molecule has 188 valence electrons. The molecule has 3 aromatic rings. The van der Waals surface area contributed by atoms with Crippen LogP contribution in [0.2, 0.25) is 0 Å². The maximum atomic E-state index is 13.2. The first-order valence-corrected chi connectivity index (χ1v) is 10.9. The van der Waals surface area contributed by atoms with Crippen LogP contribution in [-0.2, 0) is 22.3 Å². The molecule has 0 radical (unpaired) electrons. The maximum absolute atomic E-state index is 13.2. The highest BCUT2D eigenvalue weighted by Crippen LogP contribution is 2.35. The number of carbonyl (C=O) groups excluding carboxylic acids is 2. The van der Waals surface area contributed by atoms with Crippen molar-refractivity contribution in [3.05, 3.63) is 78.1 Å². The van der Waals surface area contributed by atoms with Gasteiger partial charge in [0.15, 0.2) is 5.75 Å². The number of amides is 2. The summed E-state index contributed by atoms with van der Waals surface area (Å²) >= 11 is 0. The highest BCUT2D eigenvalue weighted by Gasteiger charge is 2.44. The van der Waals surface area contributed by atoms with E-state index < -0.39 is 29.3 Å². The lowest BCUT2D eigenvalue weighted by molar-refractivity contribution is -0.137. The van der Waals surface area contributed by atoms with Gasteiger partial charge in [-0.1, -0.05) is 24.3 Å². The third kappa shape index (κ3) is 6.08. The Hall–Kier alpha value is -4.19. The van der Waals surface area contributed by atoms with Gasteiger partial charge in [-0.05, 0) is 29.8 Å². The number of benzene rings is 2. The fourth-order valence-electron chi connectivity index (χ4n) is 3.62. The fraction of sp³-hybridized carbons (Fsp3) is 0.250. The summed E-state index contributed by atoms with van der Waals surface area (Å²) in [7, 11) is 0. The summed E-state index contributed by atoms with van der Waals surface area (Å²) in [6.45, 7) is 0.388. The maximum Gasteiger partial charge on any atom is 0.418 e. The average molecular weight is 501 g/mol. The van der Waals surface area contributed by atoms with Crippen LogP contribution >= 0.6 is 0 Å². The number of para-hydroxylation sites is 1. The van der Waals surface area contributed by atoms with Crippen molar-refractivity contribution >= 4 is 23.4 Å². The van der Waals surface area contributed by atoms with Crippen molar-refractivity contribution < 1.29 is 32.2 Å². The summed E-state index contributed by atoms with van der Waals surface area (Å²) in [5, 5.41) is 15.3. The second kappa shape index (κ2) is 10.6. The van der Waals surface area contributed by atoms with Crippen molar-refractivity contribution in [2.45, 2.75) is 24.7 Å². The topological polar surface area (TPSA) is 114 Å². The Morgan fingerprint density at radius 1 is 1.06 bits per heavy atom. The lowest BCUT2D eigenvalue weighted by Gasteiger charge is -2.27. The van der Waals surface area contributed by atoms with Gasteiger partial charge in [-0.3, -0.25) is 4.79 Å². The van der Waals surface area contributed by atoms with Crippen LogP contribution in [0.25, 0.3) is 0 Å². The van der Waals surface area contributed by atoms with E-state index in [1.165, 1.54) is 36.7 Å². The lowest BCUT2D eigenvalue weighted by atomic mass is 9.97. The minimum atomic E-state index is -4.48. The van der Waals surface area contributed by atoms with Crippen molar-refractivity contribution in [3.8, 4) is 5.75 Å². The van der Waals surface area contributed by atoms with E-state index in [4.69, 9.17) is 9.47 Å². The Morgan fingerprint density at radius 3 is 2.50 bits per heavy atom. The van der Waals surface area contributed by atoms with E-state index >= 15 is 0 Å². The second-order valence-corrected chi connectivity index (χ2v) is 8.03. The molecule has 1 saturated heterocycles. The number of alkyl halides is 3.